The molecule has 0 radical (unpaired) electrons. The van der Waals surface area contributed by atoms with Gasteiger partial charge in [0.1, 0.15) is 0 Å². The first-order valence-corrected chi connectivity index (χ1v) is 12.6. The molecule has 4 nitrogen and oxygen atoms in total. The maximum Gasteiger partial charge on any atom is 0.308 e. The molecule has 2 unspecified atom stereocenters. The summed E-state index contributed by atoms with van der Waals surface area (Å²) in [6.45, 7) is 14.0. The van der Waals surface area contributed by atoms with Crippen LogP contribution >= 0.6 is 0 Å². The van der Waals surface area contributed by atoms with Crippen LogP contribution in [0.3, 0.4) is 0 Å². The van der Waals surface area contributed by atoms with Crippen molar-refractivity contribution in [3.8, 4) is 0 Å². The van der Waals surface area contributed by atoms with Crippen LogP contribution in [-0.4, -0.2) is 25.2 Å². The summed E-state index contributed by atoms with van der Waals surface area (Å²) in [6, 6.07) is 0. The van der Waals surface area contributed by atoms with Gasteiger partial charge in [-0.25, -0.2) is 0 Å². The first-order chi connectivity index (χ1) is 14.2. The van der Waals surface area contributed by atoms with Crippen molar-refractivity contribution in [2.45, 2.75) is 119 Å². The van der Waals surface area contributed by atoms with E-state index in [1.165, 1.54) is 19.3 Å². The Hall–Kier alpha value is -1.06. The van der Waals surface area contributed by atoms with E-state index >= 15 is 0 Å². The Bertz CT molecular complexity index is 431. The van der Waals surface area contributed by atoms with Crippen molar-refractivity contribution in [1.29, 1.82) is 0 Å². The van der Waals surface area contributed by atoms with Crippen molar-refractivity contribution < 1.29 is 19.1 Å². The van der Waals surface area contributed by atoms with E-state index in [9.17, 15) is 9.59 Å². The number of unbranched alkanes of at least 4 members (excludes halogenated alkanes) is 5. The third kappa shape index (κ3) is 17.8. The number of hydrogen-bond donors (Lipinski definition) is 0. The lowest BCUT2D eigenvalue weighted by atomic mass is 9.90. The second-order valence-corrected chi connectivity index (χ2v) is 9.89. The fourth-order valence-electron chi connectivity index (χ4n) is 3.47. The molecule has 0 rings (SSSR count). The summed E-state index contributed by atoms with van der Waals surface area (Å²) >= 11 is 0. The Labute approximate surface area is 186 Å². The van der Waals surface area contributed by atoms with Gasteiger partial charge in [0.05, 0.1) is 19.1 Å². The topological polar surface area (TPSA) is 52.6 Å². The van der Waals surface area contributed by atoms with Gasteiger partial charge < -0.3 is 9.47 Å². The molecule has 4 heteroatoms. The molecule has 0 aromatic rings. The molecule has 30 heavy (non-hydrogen) atoms. The molecule has 0 heterocycles. The normalized spacial score (nSPS) is 13.5. The van der Waals surface area contributed by atoms with Crippen molar-refractivity contribution in [3.63, 3.8) is 0 Å². The molecule has 0 saturated heterocycles. The van der Waals surface area contributed by atoms with Gasteiger partial charge in [-0.2, -0.15) is 0 Å². The molecule has 0 saturated carbocycles. The van der Waals surface area contributed by atoms with Crippen LogP contribution in [0, 0.1) is 23.7 Å². The summed E-state index contributed by atoms with van der Waals surface area (Å²) < 4.78 is 10.7. The molecule has 0 fully saturated rings. The van der Waals surface area contributed by atoms with Crippen LogP contribution < -0.4 is 0 Å². The molecule has 0 amide bonds. The average Bonchev–Trinajstić information content (AvgIpc) is 2.69. The predicted octanol–water partition coefficient (Wildman–Crippen LogP) is 7.34. The van der Waals surface area contributed by atoms with Gasteiger partial charge in [-0.05, 0) is 56.3 Å². The molecule has 0 aromatic carbocycles. The maximum absolute atomic E-state index is 12.1. The van der Waals surface area contributed by atoms with Crippen molar-refractivity contribution in [2.75, 3.05) is 13.2 Å². The Morgan fingerprint density at radius 3 is 1.67 bits per heavy atom. The van der Waals surface area contributed by atoms with Gasteiger partial charge in [0.15, 0.2) is 0 Å². The van der Waals surface area contributed by atoms with Crippen LogP contribution in [-0.2, 0) is 19.1 Å². The second-order valence-electron chi connectivity index (χ2n) is 9.89. The minimum atomic E-state index is -0.0438. The van der Waals surface area contributed by atoms with Gasteiger partial charge in [0, 0.05) is 6.42 Å². The number of carbonyl (C=O) groups is 2. The smallest absolute Gasteiger partial charge is 0.308 e. The van der Waals surface area contributed by atoms with Crippen LogP contribution in [0.4, 0.5) is 0 Å². The lowest BCUT2D eigenvalue weighted by Gasteiger charge is -2.18. The van der Waals surface area contributed by atoms with Crippen molar-refractivity contribution in [3.05, 3.63) is 0 Å². The van der Waals surface area contributed by atoms with Crippen LogP contribution in [0.5, 0.6) is 0 Å². The number of hydrogen-bond acceptors (Lipinski definition) is 4. The van der Waals surface area contributed by atoms with Gasteiger partial charge in [-0.1, -0.05) is 73.6 Å². The molecule has 0 spiro atoms. The average molecular weight is 427 g/mol. The lowest BCUT2D eigenvalue weighted by molar-refractivity contribution is -0.150. The third-order valence-electron chi connectivity index (χ3n) is 5.87. The highest BCUT2D eigenvalue weighted by Gasteiger charge is 2.21. The summed E-state index contributed by atoms with van der Waals surface area (Å²) in [5, 5.41) is 0. The van der Waals surface area contributed by atoms with E-state index in [-0.39, 0.29) is 17.9 Å². The summed E-state index contributed by atoms with van der Waals surface area (Å²) in [6.07, 6.45) is 12.5. The van der Waals surface area contributed by atoms with Crippen molar-refractivity contribution in [2.24, 2.45) is 23.7 Å². The molecule has 0 aliphatic rings. The van der Waals surface area contributed by atoms with E-state index in [1.54, 1.807) is 0 Å². The SMILES string of the molecule is CC(C)CCCOC(=O)CCCCCCCCC(C)C(C)C(=O)OCCCC(C)C. The van der Waals surface area contributed by atoms with E-state index in [4.69, 9.17) is 9.47 Å². The van der Waals surface area contributed by atoms with Gasteiger partial charge in [0.25, 0.3) is 0 Å². The molecular weight excluding hydrogens is 376 g/mol. The molecule has 178 valence electrons. The largest absolute Gasteiger partial charge is 0.466 e. The van der Waals surface area contributed by atoms with Crippen LogP contribution in [0.1, 0.15) is 119 Å². The molecule has 0 aliphatic carbocycles. The van der Waals surface area contributed by atoms with Gasteiger partial charge >= 0.3 is 11.9 Å². The van der Waals surface area contributed by atoms with Crippen molar-refractivity contribution >= 4 is 11.9 Å². The Morgan fingerprint density at radius 1 is 0.600 bits per heavy atom. The van der Waals surface area contributed by atoms with Crippen LogP contribution in [0.15, 0.2) is 0 Å². The quantitative estimate of drug-likeness (QED) is 0.160. The minimum Gasteiger partial charge on any atom is -0.466 e. The molecule has 0 aliphatic heterocycles. The number of carbonyl (C=O) groups excluding carboxylic acids is 2. The fourth-order valence-corrected chi connectivity index (χ4v) is 3.47. The lowest BCUT2D eigenvalue weighted by Crippen LogP contribution is -2.22. The zero-order chi connectivity index (χ0) is 22.8. The third-order valence-corrected chi connectivity index (χ3v) is 5.87. The maximum atomic E-state index is 12.1. The molecule has 2 atom stereocenters. The van der Waals surface area contributed by atoms with E-state index in [2.05, 4.69) is 34.6 Å². The van der Waals surface area contributed by atoms with E-state index < -0.39 is 0 Å². The molecule has 0 bridgehead atoms. The predicted molar refractivity (Wildman–Crippen MR) is 125 cm³/mol. The zero-order valence-electron chi connectivity index (χ0n) is 20.8. The highest BCUT2D eigenvalue weighted by Crippen LogP contribution is 2.21. The molecule has 0 aromatic heterocycles. The standard InChI is InChI=1S/C26H50O4/c1-21(2)15-13-19-29-25(27)18-12-10-8-7-9-11-17-23(5)24(6)26(28)30-20-14-16-22(3)4/h21-24H,7-20H2,1-6H3. The Balaban J connectivity index is 3.57. The Kier molecular flexibility index (Phi) is 18.0. The van der Waals surface area contributed by atoms with Crippen LogP contribution in [0.2, 0.25) is 0 Å². The fraction of sp³-hybridized carbons (Fsp3) is 0.923. The number of rotatable bonds is 19. The number of esters is 2. The van der Waals surface area contributed by atoms with E-state index in [0.717, 1.165) is 51.4 Å². The first-order valence-electron chi connectivity index (χ1n) is 12.6. The summed E-state index contributed by atoms with van der Waals surface area (Å²) in [7, 11) is 0. The highest BCUT2D eigenvalue weighted by atomic mass is 16.5. The highest BCUT2D eigenvalue weighted by molar-refractivity contribution is 5.72. The summed E-state index contributed by atoms with van der Waals surface area (Å²) in [5.74, 6) is 1.60. The van der Waals surface area contributed by atoms with E-state index in [1.807, 2.05) is 6.92 Å². The molecule has 0 N–H and O–H groups in total. The van der Waals surface area contributed by atoms with Gasteiger partial charge in [-0.15, -0.1) is 0 Å². The first kappa shape index (κ1) is 28.9. The van der Waals surface area contributed by atoms with Gasteiger partial charge in [0.2, 0.25) is 0 Å². The summed E-state index contributed by atoms with van der Waals surface area (Å²) in [5.41, 5.74) is 0. The number of ether oxygens (including phenoxy) is 2. The summed E-state index contributed by atoms with van der Waals surface area (Å²) in [4.78, 5) is 23.8. The monoisotopic (exact) mass is 426 g/mol. The van der Waals surface area contributed by atoms with Crippen LogP contribution in [0.25, 0.3) is 0 Å². The van der Waals surface area contributed by atoms with Crippen molar-refractivity contribution in [1.82, 2.24) is 0 Å². The van der Waals surface area contributed by atoms with E-state index in [0.29, 0.717) is 37.4 Å². The zero-order valence-corrected chi connectivity index (χ0v) is 20.8. The second kappa shape index (κ2) is 18.7. The molecular formula is C26H50O4. The Morgan fingerprint density at radius 2 is 1.10 bits per heavy atom. The van der Waals surface area contributed by atoms with Gasteiger partial charge in [-0.3, -0.25) is 9.59 Å². The minimum absolute atomic E-state index is 0.0180.